The molecule has 17 heavy (non-hydrogen) atoms. The molecule has 4 heteroatoms. The molecular weight excluding hydrogens is 283 g/mol. The molecule has 1 aliphatic heterocycles. The average Bonchev–Trinajstić information content (AvgIpc) is 2.25. The second kappa shape index (κ2) is 5.46. The third-order valence-corrected chi connectivity index (χ3v) is 4.18. The molecule has 0 amide bonds. The SMILES string of the molecule is CC1CC(N)CCN1Cc1ccc(F)cc1Br. The van der Waals surface area contributed by atoms with Gasteiger partial charge in [-0.25, -0.2) is 4.39 Å². The van der Waals surface area contributed by atoms with Crippen LogP contribution in [0, 0.1) is 5.82 Å². The summed E-state index contributed by atoms with van der Waals surface area (Å²) in [5.74, 6) is -0.200. The topological polar surface area (TPSA) is 29.3 Å². The summed E-state index contributed by atoms with van der Waals surface area (Å²) in [6.45, 7) is 4.08. The number of likely N-dealkylation sites (tertiary alicyclic amines) is 1. The first kappa shape index (κ1) is 13.0. The smallest absolute Gasteiger partial charge is 0.124 e. The lowest BCUT2D eigenvalue weighted by Gasteiger charge is -2.36. The second-order valence-electron chi connectivity index (χ2n) is 4.84. The number of benzene rings is 1. The Morgan fingerprint density at radius 3 is 2.94 bits per heavy atom. The summed E-state index contributed by atoms with van der Waals surface area (Å²) in [6, 6.07) is 5.71. The lowest BCUT2D eigenvalue weighted by atomic mass is 9.98. The van der Waals surface area contributed by atoms with E-state index >= 15 is 0 Å². The second-order valence-corrected chi connectivity index (χ2v) is 5.69. The zero-order chi connectivity index (χ0) is 12.4. The first-order chi connectivity index (χ1) is 8.06. The number of nitrogens with zero attached hydrogens (tertiary/aromatic N) is 1. The van der Waals surface area contributed by atoms with Crippen molar-refractivity contribution in [2.45, 2.75) is 38.4 Å². The van der Waals surface area contributed by atoms with E-state index < -0.39 is 0 Å². The van der Waals surface area contributed by atoms with E-state index in [2.05, 4.69) is 27.8 Å². The van der Waals surface area contributed by atoms with Crippen LogP contribution >= 0.6 is 15.9 Å². The first-order valence-electron chi connectivity index (χ1n) is 6.00. The van der Waals surface area contributed by atoms with Gasteiger partial charge < -0.3 is 5.73 Å². The van der Waals surface area contributed by atoms with Gasteiger partial charge in [0.05, 0.1) is 0 Å². The van der Waals surface area contributed by atoms with Crippen molar-refractivity contribution in [2.75, 3.05) is 6.54 Å². The molecule has 0 spiro atoms. The lowest BCUT2D eigenvalue weighted by Crippen LogP contribution is -2.45. The predicted octanol–water partition coefficient (Wildman–Crippen LogP) is 2.90. The number of rotatable bonds is 2. The first-order valence-corrected chi connectivity index (χ1v) is 6.79. The van der Waals surface area contributed by atoms with Gasteiger partial charge >= 0.3 is 0 Å². The highest BCUT2D eigenvalue weighted by atomic mass is 79.9. The molecule has 2 N–H and O–H groups in total. The van der Waals surface area contributed by atoms with Crippen LogP contribution in [0.25, 0.3) is 0 Å². The number of hydrogen-bond acceptors (Lipinski definition) is 2. The summed E-state index contributed by atoms with van der Waals surface area (Å²) in [5, 5.41) is 0. The van der Waals surface area contributed by atoms with Gasteiger partial charge in [-0.05, 0) is 37.5 Å². The van der Waals surface area contributed by atoms with Crippen LogP contribution in [0.5, 0.6) is 0 Å². The van der Waals surface area contributed by atoms with Gasteiger partial charge in [0.25, 0.3) is 0 Å². The Kier molecular flexibility index (Phi) is 4.17. The number of hydrogen-bond donors (Lipinski definition) is 1. The van der Waals surface area contributed by atoms with Crippen LogP contribution in [0.4, 0.5) is 4.39 Å². The van der Waals surface area contributed by atoms with Crippen molar-refractivity contribution in [3.63, 3.8) is 0 Å². The maximum absolute atomic E-state index is 13.0. The van der Waals surface area contributed by atoms with Crippen molar-refractivity contribution in [1.82, 2.24) is 4.90 Å². The Labute approximate surface area is 110 Å². The Morgan fingerprint density at radius 2 is 2.29 bits per heavy atom. The third kappa shape index (κ3) is 3.27. The van der Waals surface area contributed by atoms with Gasteiger partial charge in [-0.3, -0.25) is 4.90 Å². The molecule has 1 saturated heterocycles. The molecule has 0 saturated carbocycles. The van der Waals surface area contributed by atoms with Crippen LogP contribution in [0.3, 0.4) is 0 Å². The van der Waals surface area contributed by atoms with Gasteiger partial charge in [-0.1, -0.05) is 22.0 Å². The van der Waals surface area contributed by atoms with Crippen LogP contribution in [0.15, 0.2) is 22.7 Å². The van der Waals surface area contributed by atoms with Gasteiger partial charge in [-0.15, -0.1) is 0 Å². The van der Waals surface area contributed by atoms with E-state index in [1.807, 2.05) is 6.07 Å². The molecule has 0 bridgehead atoms. The Balaban J connectivity index is 2.05. The quantitative estimate of drug-likeness (QED) is 0.910. The highest BCUT2D eigenvalue weighted by Crippen LogP contribution is 2.23. The zero-order valence-corrected chi connectivity index (χ0v) is 11.6. The molecule has 2 nitrogen and oxygen atoms in total. The minimum atomic E-state index is -0.200. The summed E-state index contributed by atoms with van der Waals surface area (Å²) in [5.41, 5.74) is 7.08. The third-order valence-electron chi connectivity index (χ3n) is 3.44. The Bertz CT molecular complexity index is 397. The molecule has 0 aliphatic carbocycles. The predicted molar refractivity (Wildman–Crippen MR) is 71.2 cm³/mol. The largest absolute Gasteiger partial charge is 0.328 e. The van der Waals surface area contributed by atoms with E-state index in [0.29, 0.717) is 12.1 Å². The molecule has 1 aromatic rings. The molecule has 1 aromatic carbocycles. The van der Waals surface area contributed by atoms with E-state index in [4.69, 9.17) is 5.73 Å². The molecule has 2 unspecified atom stereocenters. The van der Waals surface area contributed by atoms with Crippen LogP contribution in [0.2, 0.25) is 0 Å². The molecule has 0 aromatic heterocycles. The summed E-state index contributed by atoms with van der Waals surface area (Å²) >= 11 is 3.41. The highest BCUT2D eigenvalue weighted by Gasteiger charge is 2.23. The Morgan fingerprint density at radius 1 is 1.53 bits per heavy atom. The minimum absolute atomic E-state index is 0.200. The zero-order valence-electron chi connectivity index (χ0n) is 10.00. The monoisotopic (exact) mass is 300 g/mol. The van der Waals surface area contributed by atoms with Crippen molar-refractivity contribution >= 4 is 15.9 Å². The fraction of sp³-hybridized carbons (Fsp3) is 0.538. The summed E-state index contributed by atoms with van der Waals surface area (Å²) in [4.78, 5) is 2.40. The fourth-order valence-electron chi connectivity index (χ4n) is 2.36. The summed E-state index contributed by atoms with van der Waals surface area (Å²) in [6.07, 6.45) is 2.09. The fourth-order valence-corrected chi connectivity index (χ4v) is 2.84. The van der Waals surface area contributed by atoms with E-state index in [0.717, 1.165) is 36.0 Å². The summed E-state index contributed by atoms with van der Waals surface area (Å²) in [7, 11) is 0. The minimum Gasteiger partial charge on any atom is -0.328 e. The van der Waals surface area contributed by atoms with Crippen LogP contribution in [-0.4, -0.2) is 23.5 Å². The maximum Gasteiger partial charge on any atom is 0.124 e. The summed E-state index contributed by atoms with van der Waals surface area (Å²) < 4.78 is 13.8. The molecule has 2 rings (SSSR count). The van der Waals surface area contributed by atoms with Crippen LogP contribution < -0.4 is 5.73 Å². The van der Waals surface area contributed by atoms with Crippen molar-refractivity contribution in [1.29, 1.82) is 0 Å². The molecule has 2 atom stereocenters. The Hall–Kier alpha value is -0.450. The molecule has 1 fully saturated rings. The maximum atomic E-state index is 13.0. The lowest BCUT2D eigenvalue weighted by molar-refractivity contribution is 0.139. The van der Waals surface area contributed by atoms with Crippen LogP contribution in [0.1, 0.15) is 25.3 Å². The number of nitrogens with two attached hydrogens (primary N) is 1. The normalized spacial score (nSPS) is 26.1. The van der Waals surface area contributed by atoms with Gasteiger partial charge in [0, 0.05) is 29.6 Å². The molecule has 1 aliphatic rings. The van der Waals surface area contributed by atoms with Crippen molar-refractivity contribution < 1.29 is 4.39 Å². The van der Waals surface area contributed by atoms with Crippen molar-refractivity contribution in [3.8, 4) is 0 Å². The molecular formula is C13H18BrFN2. The molecule has 94 valence electrons. The molecule has 0 radical (unpaired) electrons. The van der Waals surface area contributed by atoms with Crippen LogP contribution in [-0.2, 0) is 6.54 Å². The number of halogens is 2. The van der Waals surface area contributed by atoms with Crippen molar-refractivity contribution in [3.05, 3.63) is 34.1 Å². The van der Waals surface area contributed by atoms with Gasteiger partial charge in [0.1, 0.15) is 5.82 Å². The van der Waals surface area contributed by atoms with E-state index in [1.54, 1.807) is 0 Å². The van der Waals surface area contributed by atoms with Crippen molar-refractivity contribution in [2.24, 2.45) is 5.73 Å². The van der Waals surface area contributed by atoms with Gasteiger partial charge in [0.15, 0.2) is 0 Å². The number of piperidine rings is 1. The van der Waals surface area contributed by atoms with Gasteiger partial charge in [-0.2, -0.15) is 0 Å². The van der Waals surface area contributed by atoms with E-state index in [-0.39, 0.29) is 5.82 Å². The standard InChI is InChI=1S/C13H18BrFN2/c1-9-6-12(16)4-5-17(9)8-10-2-3-11(15)7-13(10)14/h2-3,7,9,12H,4-6,8,16H2,1H3. The highest BCUT2D eigenvalue weighted by molar-refractivity contribution is 9.10. The van der Waals surface area contributed by atoms with Gasteiger partial charge in [0.2, 0.25) is 0 Å². The average molecular weight is 301 g/mol. The van der Waals surface area contributed by atoms with E-state index in [1.165, 1.54) is 12.1 Å². The van der Waals surface area contributed by atoms with E-state index in [9.17, 15) is 4.39 Å². The molecule has 1 heterocycles.